The van der Waals surface area contributed by atoms with Crippen molar-refractivity contribution in [2.45, 2.75) is 89.4 Å². The second-order valence-corrected chi connectivity index (χ2v) is 11.4. The van der Waals surface area contributed by atoms with E-state index in [2.05, 4.69) is 5.10 Å². The molecule has 0 radical (unpaired) electrons. The number of Topliss-reactive ketones (excluding diaryl/α,β-unsaturated/α-hetero) is 1. The monoisotopic (exact) mass is 427 g/mol. The molecule has 0 saturated heterocycles. The van der Waals surface area contributed by atoms with Crippen LogP contribution in [0, 0.1) is 46.3 Å². The molecule has 1 aromatic rings. The molecule has 6 heteroatoms. The molecule has 1 heterocycles. The number of carbonyl (C=O) groups is 1. The van der Waals surface area contributed by atoms with E-state index in [4.69, 9.17) is 5.26 Å². The smallest absolute Gasteiger partial charge is 0.191 e. The lowest BCUT2D eigenvalue weighted by atomic mass is 9.48. The molecule has 0 spiro atoms. The molecule has 0 amide bonds. The van der Waals surface area contributed by atoms with Crippen LogP contribution >= 0.6 is 0 Å². The lowest BCUT2D eigenvalue weighted by molar-refractivity contribution is -0.150. The Bertz CT molecular complexity index is 920. The SMILES string of the molecule is C[C@@]1(O)CC[C@H]2[C@H](CC[C@@H]3[C@@H]2CC[C@@]2(C)[C@H]3CC[C@]2(F)C(=O)Cn2cc(C#N)cn2)C1. The number of aliphatic hydroxyl groups is 1. The average molecular weight is 428 g/mol. The van der Waals surface area contributed by atoms with Crippen LogP contribution in [0.1, 0.15) is 77.2 Å². The van der Waals surface area contributed by atoms with Gasteiger partial charge >= 0.3 is 0 Å². The van der Waals surface area contributed by atoms with Gasteiger partial charge in [-0.3, -0.25) is 9.48 Å². The number of nitriles is 1. The van der Waals surface area contributed by atoms with Crippen molar-refractivity contribution in [3.8, 4) is 6.07 Å². The molecule has 1 N–H and O–H groups in total. The maximum Gasteiger partial charge on any atom is 0.191 e. The summed E-state index contributed by atoms with van der Waals surface area (Å²) >= 11 is 0. The number of carbonyl (C=O) groups excluding carboxylic acids is 1. The van der Waals surface area contributed by atoms with E-state index in [0.717, 1.165) is 51.4 Å². The lowest BCUT2D eigenvalue weighted by Gasteiger charge is -2.57. The summed E-state index contributed by atoms with van der Waals surface area (Å²) in [6, 6.07) is 2.01. The number of fused-ring (bicyclic) bond motifs is 5. The molecule has 4 fully saturated rings. The highest BCUT2D eigenvalue weighted by molar-refractivity contribution is 5.88. The van der Waals surface area contributed by atoms with Crippen LogP contribution in [0.5, 0.6) is 0 Å². The predicted molar refractivity (Wildman–Crippen MR) is 114 cm³/mol. The fraction of sp³-hybridized carbons (Fsp3) is 0.800. The highest BCUT2D eigenvalue weighted by Crippen LogP contribution is 2.66. The Kier molecular flexibility index (Phi) is 4.86. The summed E-state index contributed by atoms with van der Waals surface area (Å²) in [5.41, 5.74) is -2.55. The maximum absolute atomic E-state index is 16.5. The Balaban J connectivity index is 1.35. The minimum Gasteiger partial charge on any atom is -0.390 e. The van der Waals surface area contributed by atoms with Crippen molar-refractivity contribution in [3.63, 3.8) is 0 Å². The molecular formula is C25H34FN3O2. The molecule has 5 nitrogen and oxygen atoms in total. The predicted octanol–water partition coefficient (Wildman–Crippen LogP) is 4.44. The standard InChI is InChI=1S/C25H34FN3O2/c1-23(31)8-5-18-17(11-23)3-4-20-19(18)6-9-24(2)21(20)7-10-25(24,26)22(30)15-29-14-16(12-27)13-28-29/h13-14,17-21,31H,3-11,15H2,1-2H3/t17-,18+,19-,20-,21+,23-,24+,25+/m1/s1. The molecule has 4 aliphatic carbocycles. The fourth-order valence-corrected chi connectivity index (χ4v) is 8.30. The first-order valence-corrected chi connectivity index (χ1v) is 12.0. The first-order valence-electron chi connectivity index (χ1n) is 12.0. The third-order valence-electron chi connectivity index (χ3n) is 9.84. The van der Waals surface area contributed by atoms with E-state index in [0.29, 0.717) is 35.7 Å². The van der Waals surface area contributed by atoms with Crippen molar-refractivity contribution in [3.05, 3.63) is 18.0 Å². The Hall–Kier alpha value is -1.74. The van der Waals surface area contributed by atoms with Gasteiger partial charge in [0.1, 0.15) is 12.6 Å². The molecule has 0 aromatic carbocycles. The van der Waals surface area contributed by atoms with Gasteiger partial charge in [-0.15, -0.1) is 0 Å². The van der Waals surface area contributed by atoms with Gasteiger partial charge in [0.05, 0.1) is 17.4 Å². The van der Waals surface area contributed by atoms with E-state index in [9.17, 15) is 9.90 Å². The number of alkyl halides is 1. The van der Waals surface area contributed by atoms with Crippen LogP contribution < -0.4 is 0 Å². The molecule has 1 aromatic heterocycles. The van der Waals surface area contributed by atoms with Crippen LogP contribution in [-0.2, 0) is 11.3 Å². The van der Waals surface area contributed by atoms with Crippen LogP contribution in [0.2, 0.25) is 0 Å². The summed E-state index contributed by atoms with van der Waals surface area (Å²) in [5, 5.41) is 23.6. The van der Waals surface area contributed by atoms with Gasteiger partial charge in [-0.1, -0.05) is 6.92 Å². The number of nitrogens with zero attached hydrogens (tertiary/aromatic N) is 3. The lowest BCUT2D eigenvalue weighted by Crippen LogP contribution is -2.55. The van der Waals surface area contributed by atoms with Crippen molar-refractivity contribution in [1.29, 1.82) is 5.26 Å². The topological polar surface area (TPSA) is 78.9 Å². The highest BCUT2D eigenvalue weighted by atomic mass is 19.1. The second-order valence-electron chi connectivity index (χ2n) is 11.4. The summed E-state index contributed by atoms with van der Waals surface area (Å²) in [7, 11) is 0. The first-order chi connectivity index (χ1) is 14.7. The number of aromatic nitrogens is 2. The molecule has 4 aliphatic rings. The highest BCUT2D eigenvalue weighted by Gasteiger charge is 2.66. The number of ketones is 1. The van der Waals surface area contributed by atoms with Crippen molar-refractivity contribution >= 4 is 5.78 Å². The van der Waals surface area contributed by atoms with Gasteiger partial charge in [0.2, 0.25) is 0 Å². The van der Waals surface area contributed by atoms with Crippen LogP contribution in [0.25, 0.3) is 0 Å². The number of hydrogen-bond acceptors (Lipinski definition) is 4. The van der Waals surface area contributed by atoms with Gasteiger partial charge in [0, 0.05) is 11.6 Å². The summed E-state index contributed by atoms with van der Waals surface area (Å²) in [5.74, 6) is 2.25. The molecule has 0 unspecified atom stereocenters. The van der Waals surface area contributed by atoms with Crippen molar-refractivity contribution in [2.75, 3.05) is 0 Å². The molecule has 8 atom stereocenters. The first kappa shape index (κ1) is 21.1. The van der Waals surface area contributed by atoms with Gasteiger partial charge in [-0.05, 0) is 94.3 Å². The van der Waals surface area contributed by atoms with Gasteiger partial charge < -0.3 is 5.11 Å². The van der Waals surface area contributed by atoms with E-state index in [1.54, 1.807) is 0 Å². The third kappa shape index (κ3) is 3.18. The number of hydrogen-bond donors (Lipinski definition) is 1. The van der Waals surface area contributed by atoms with E-state index < -0.39 is 16.7 Å². The normalized spacial score (nSPS) is 46.5. The van der Waals surface area contributed by atoms with Crippen molar-refractivity contribution in [1.82, 2.24) is 9.78 Å². The summed E-state index contributed by atoms with van der Waals surface area (Å²) in [6.45, 7) is 3.90. The van der Waals surface area contributed by atoms with E-state index in [1.807, 2.05) is 19.9 Å². The number of rotatable bonds is 3. The van der Waals surface area contributed by atoms with Gasteiger partial charge in [0.15, 0.2) is 11.5 Å². The third-order valence-corrected chi connectivity index (χ3v) is 9.84. The van der Waals surface area contributed by atoms with Gasteiger partial charge in [-0.2, -0.15) is 10.4 Å². The Morgan fingerprint density at radius 1 is 1.19 bits per heavy atom. The largest absolute Gasteiger partial charge is 0.390 e. The molecule has 5 rings (SSSR count). The Morgan fingerprint density at radius 2 is 1.97 bits per heavy atom. The van der Waals surface area contributed by atoms with Crippen LogP contribution in [-0.4, -0.2) is 31.9 Å². The van der Waals surface area contributed by atoms with E-state index in [-0.39, 0.29) is 18.2 Å². The van der Waals surface area contributed by atoms with Crippen molar-refractivity contribution < 1.29 is 14.3 Å². The van der Waals surface area contributed by atoms with E-state index in [1.165, 1.54) is 17.1 Å². The van der Waals surface area contributed by atoms with Crippen LogP contribution in [0.3, 0.4) is 0 Å². The van der Waals surface area contributed by atoms with Crippen molar-refractivity contribution in [2.24, 2.45) is 35.0 Å². The molecular weight excluding hydrogens is 393 g/mol. The summed E-state index contributed by atoms with van der Waals surface area (Å²) < 4.78 is 17.9. The molecule has 4 saturated carbocycles. The van der Waals surface area contributed by atoms with Gasteiger partial charge in [0.25, 0.3) is 0 Å². The molecule has 0 bridgehead atoms. The zero-order chi connectivity index (χ0) is 22.0. The fourth-order valence-electron chi connectivity index (χ4n) is 8.30. The summed E-state index contributed by atoms with van der Waals surface area (Å²) in [6.07, 6.45) is 10.9. The zero-order valence-corrected chi connectivity index (χ0v) is 18.7. The Labute approximate surface area is 184 Å². The summed E-state index contributed by atoms with van der Waals surface area (Å²) in [4.78, 5) is 13.2. The molecule has 0 aliphatic heterocycles. The van der Waals surface area contributed by atoms with Crippen LogP contribution in [0.4, 0.5) is 4.39 Å². The minimum atomic E-state index is -1.81. The van der Waals surface area contributed by atoms with E-state index >= 15 is 4.39 Å². The Morgan fingerprint density at radius 3 is 2.71 bits per heavy atom. The van der Waals surface area contributed by atoms with Gasteiger partial charge in [-0.25, -0.2) is 4.39 Å². The van der Waals surface area contributed by atoms with Crippen LogP contribution in [0.15, 0.2) is 12.4 Å². The zero-order valence-electron chi connectivity index (χ0n) is 18.7. The second kappa shape index (κ2) is 7.13. The minimum absolute atomic E-state index is 0.103. The number of halogens is 1. The maximum atomic E-state index is 16.5. The quantitative estimate of drug-likeness (QED) is 0.774. The molecule has 31 heavy (non-hydrogen) atoms. The molecule has 168 valence electrons. The average Bonchev–Trinajstić information content (AvgIpc) is 3.29.